The Bertz CT molecular complexity index is 684. The molecule has 1 heterocycles. The standard InChI is InChI=1S/C15H14ClN3O2/c1-9-3-5-12(16)11(7-9)14(20)19-10-4-6-13(18-8-10)15(21)17-2/h3-8H,1-2H3,(H,17,21)(H,19,20). The maximum atomic E-state index is 12.2. The van der Waals surface area contributed by atoms with E-state index in [0.29, 0.717) is 16.3 Å². The van der Waals surface area contributed by atoms with E-state index in [1.807, 2.05) is 13.0 Å². The lowest BCUT2D eigenvalue weighted by atomic mass is 10.1. The Labute approximate surface area is 127 Å². The van der Waals surface area contributed by atoms with E-state index in [-0.39, 0.29) is 17.5 Å². The van der Waals surface area contributed by atoms with Gasteiger partial charge in [0.25, 0.3) is 11.8 Å². The molecule has 2 rings (SSSR count). The van der Waals surface area contributed by atoms with E-state index in [1.54, 1.807) is 18.2 Å². The predicted octanol–water partition coefficient (Wildman–Crippen LogP) is 2.66. The van der Waals surface area contributed by atoms with E-state index in [9.17, 15) is 9.59 Å². The minimum absolute atomic E-state index is 0.282. The van der Waals surface area contributed by atoms with Crippen LogP contribution in [0.1, 0.15) is 26.4 Å². The first-order valence-corrected chi connectivity index (χ1v) is 6.64. The number of nitrogens with one attached hydrogen (secondary N) is 2. The zero-order valence-corrected chi connectivity index (χ0v) is 12.4. The fourth-order valence-electron chi connectivity index (χ4n) is 1.74. The van der Waals surface area contributed by atoms with Crippen LogP contribution in [0.2, 0.25) is 5.02 Å². The SMILES string of the molecule is CNC(=O)c1ccc(NC(=O)c2cc(C)ccc2Cl)cn1. The molecule has 1 aromatic heterocycles. The second kappa shape index (κ2) is 6.37. The largest absolute Gasteiger partial charge is 0.354 e. The molecule has 108 valence electrons. The molecule has 0 saturated carbocycles. The van der Waals surface area contributed by atoms with Crippen molar-refractivity contribution in [3.63, 3.8) is 0 Å². The van der Waals surface area contributed by atoms with E-state index in [2.05, 4.69) is 15.6 Å². The number of amides is 2. The predicted molar refractivity (Wildman–Crippen MR) is 81.8 cm³/mol. The quantitative estimate of drug-likeness (QED) is 0.915. The fraction of sp³-hybridized carbons (Fsp3) is 0.133. The Balaban J connectivity index is 2.16. The first-order valence-electron chi connectivity index (χ1n) is 6.27. The van der Waals surface area contributed by atoms with Crippen LogP contribution in [0, 0.1) is 6.92 Å². The van der Waals surface area contributed by atoms with Crippen LogP contribution in [0.4, 0.5) is 5.69 Å². The highest BCUT2D eigenvalue weighted by Crippen LogP contribution is 2.19. The minimum Gasteiger partial charge on any atom is -0.354 e. The summed E-state index contributed by atoms with van der Waals surface area (Å²) < 4.78 is 0. The molecule has 2 aromatic rings. The van der Waals surface area contributed by atoms with Crippen molar-refractivity contribution in [2.24, 2.45) is 0 Å². The number of hydrogen-bond donors (Lipinski definition) is 2. The molecule has 0 atom stereocenters. The van der Waals surface area contributed by atoms with Crippen molar-refractivity contribution < 1.29 is 9.59 Å². The Kier molecular flexibility index (Phi) is 4.55. The van der Waals surface area contributed by atoms with Gasteiger partial charge < -0.3 is 10.6 Å². The Morgan fingerprint density at radius 2 is 1.90 bits per heavy atom. The lowest BCUT2D eigenvalue weighted by molar-refractivity contribution is 0.0957. The second-order valence-corrected chi connectivity index (χ2v) is 4.86. The number of carbonyl (C=O) groups is 2. The second-order valence-electron chi connectivity index (χ2n) is 4.45. The van der Waals surface area contributed by atoms with Gasteiger partial charge in [0, 0.05) is 7.05 Å². The van der Waals surface area contributed by atoms with E-state index in [1.165, 1.54) is 19.3 Å². The highest BCUT2D eigenvalue weighted by Gasteiger charge is 2.11. The molecule has 0 aliphatic carbocycles. The molecule has 0 aliphatic rings. The molecule has 0 radical (unpaired) electrons. The average Bonchev–Trinajstić information content (AvgIpc) is 2.49. The highest BCUT2D eigenvalue weighted by molar-refractivity contribution is 6.34. The summed E-state index contributed by atoms with van der Waals surface area (Å²) in [4.78, 5) is 27.5. The lowest BCUT2D eigenvalue weighted by Crippen LogP contribution is -2.19. The number of hydrogen-bond acceptors (Lipinski definition) is 3. The van der Waals surface area contributed by atoms with Gasteiger partial charge in [-0.1, -0.05) is 23.2 Å². The maximum Gasteiger partial charge on any atom is 0.269 e. The van der Waals surface area contributed by atoms with Gasteiger partial charge in [0.15, 0.2) is 0 Å². The molecule has 0 saturated heterocycles. The summed E-state index contributed by atoms with van der Waals surface area (Å²) in [5.41, 5.74) is 2.11. The van der Waals surface area contributed by atoms with Crippen LogP contribution in [0.25, 0.3) is 0 Å². The third-order valence-electron chi connectivity index (χ3n) is 2.85. The van der Waals surface area contributed by atoms with Gasteiger partial charge in [0.2, 0.25) is 0 Å². The molecule has 1 aromatic carbocycles. The van der Waals surface area contributed by atoms with Gasteiger partial charge in [-0.15, -0.1) is 0 Å². The summed E-state index contributed by atoms with van der Waals surface area (Å²) in [6.45, 7) is 1.88. The van der Waals surface area contributed by atoms with Crippen LogP contribution in [0.5, 0.6) is 0 Å². The number of aryl methyl sites for hydroxylation is 1. The number of anilines is 1. The molecule has 0 fully saturated rings. The van der Waals surface area contributed by atoms with Gasteiger partial charge in [-0.05, 0) is 31.2 Å². The summed E-state index contributed by atoms with van der Waals surface area (Å²) in [5.74, 6) is -0.604. The van der Waals surface area contributed by atoms with Crippen LogP contribution in [-0.4, -0.2) is 23.8 Å². The van der Waals surface area contributed by atoms with Crippen LogP contribution in [0.15, 0.2) is 36.5 Å². The molecule has 5 nitrogen and oxygen atoms in total. The molecule has 21 heavy (non-hydrogen) atoms. The Hall–Kier alpha value is -2.40. The van der Waals surface area contributed by atoms with Crippen molar-refractivity contribution in [1.29, 1.82) is 0 Å². The Morgan fingerprint density at radius 3 is 2.52 bits per heavy atom. The van der Waals surface area contributed by atoms with Gasteiger partial charge >= 0.3 is 0 Å². The van der Waals surface area contributed by atoms with Crippen LogP contribution in [-0.2, 0) is 0 Å². The third kappa shape index (κ3) is 3.58. The monoisotopic (exact) mass is 303 g/mol. The number of aromatic nitrogens is 1. The van der Waals surface area contributed by atoms with Gasteiger partial charge in [-0.2, -0.15) is 0 Å². The van der Waals surface area contributed by atoms with Crippen molar-refractivity contribution in [3.8, 4) is 0 Å². The van der Waals surface area contributed by atoms with Crippen LogP contribution < -0.4 is 10.6 Å². The topological polar surface area (TPSA) is 71.1 Å². The minimum atomic E-state index is -0.321. The molecule has 6 heteroatoms. The molecular weight excluding hydrogens is 290 g/mol. The molecular formula is C15H14ClN3O2. The van der Waals surface area contributed by atoms with Gasteiger partial charge in [-0.3, -0.25) is 9.59 Å². The normalized spacial score (nSPS) is 10.0. The number of benzene rings is 1. The summed E-state index contributed by atoms with van der Waals surface area (Å²) in [5, 5.41) is 5.55. The van der Waals surface area contributed by atoms with Crippen molar-refractivity contribution in [2.75, 3.05) is 12.4 Å². The fourth-order valence-corrected chi connectivity index (χ4v) is 1.95. The zero-order chi connectivity index (χ0) is 15.4. The van der Waals surface area contributed by atoms with E-state index < -0.39 is 0 Å². The maximum absolute atomic E-state index is 12.2. The smallest absolute Gasteiger partial charge is 0.269 e. The molecule has 0 bridgehead atoms. The van der Waals surface area contributed by atoms with Crippen molar-refractivity contribution in [1.82, 2.24) is 10.3 Å². The number of halogens is 1. The summed E-state index contributed by atoms with van der Waals surface area (Å²) in [6, 6.07) is 8.37. The van der Waals surface area contributed by atoms with E-state index in [0.717, 1.165) is 5.56 Å². The van der Waals surface area contributed by atoms with Crippen LogP contribution >= 0.6 is 11.6 Å². The Morgan fingerprint density at radius 1 is 1.14 bits per heavy atom. The molecule has 0 spiro atoms. The third-order valence-corrected chi connectivity index (χ3v) is 3.18. The zero-order valence-electron chi connectivity index (χ0n) is 11.6. The molecule has 2 N–H and O–H groups in total. The average molecular weight is 304 g/mol. The summed E-state index contributed by atoms with van der Waals surface area (Å²) >= 11 is 6.01. The molecule has 0 aliphatic heterocycles. The molecule has 0 unspecified atom stereocenters. The van der Waals surface area contributed by atoms with E-state index in [4.69, 9.17) is 11.6 Å². The first-order chi connectivity index (χ1) is 10.0. The van der Waals surface area contributed by atoms with Crippen LogP contribution in [0.3, 0.4) is 0 Å². The molecule has 2 amide bonds. The van der Waals surface area contributed by atoms with Crippen molar-refractivity contribution >= 4 is 29.1 Å². The van der Waals surface area contributed by atoms with Gasteiger partial charge in [0.1, 0.15) is 5.69 Å². The number of carbonyl (C=O) groups excluding carboxylic acids is 2. The lowest BCUT2D eigenvalue weighted by Gasteiger charge is -2.08. The van der Waals surface area contributed by atoms with Gasteiger partial charge in [0.05, 0.1) is 22.5 Å². The summed E-state index contributed by atoms with van der Waals surface area (Å²) in [7, 11) is 1.53. The first kappa shape index (κ1) is 15.0. The van der Waals surface area contributed by atoms with Gasteiger partial charge in [-0.25, -0.2) is 4.98 Å². The number of rotatable bonds is 3. The number of pyridine rings is 1. The highest BCUT2D eigenvalue weighted by atomic mass is 35.5. The van der Waals surface area contributed by atoms with E-state index >= 15 is 0 Å². The van der Waals surface area contributed by atoms with Crippen molar-refractivity contribution in [2.45, 2.75) is 6.92 Å². The number of nitrogens with zero attached hydrogens (tertiary/aromatic N) is 1. The summed E-state index contributed by atoms with van der Waals surface area (Å²) in [6.07, 6.45) is 1.42. The van der Waals surface area contributed by atoms with Crippen molar-refractivity contribution in [3.05, 3.63) is 58.4 Å².